The van der Waals surface area contributed by atoms with Crippen molar-refractivity contribution in [3.05, 3.63) is 0 Å². The Morgan fingerprint density at radius 1 is 1.70 bits per heavy atom. The topological polar surface area (TPSA) is 72.8 Å². The summed E-state index contributed by atoms with van der Waals surface area (Å²) in [7, 11) is -4.22. The fourth-order valence-corrected chi connectivity index (χ4v) is 0.746. The average molecular weight is 191 g/mol. The lowest BCUT2D eigenvalue weighted by atomic mass is 10.5. The van der Waals surface area contributed by atoms with Gasteiger partial charge in [0.25, 0.3) is 0 Å². The summed E-state index contributed by atoms with van der Waals surface area (Å²) < 4.78 is 27.7. The highest BCUT2D eigenvalue weighted by Crippen LogP contribution is 2.03. The van der Waals surface area contributed by atoms with E-state index in [1.54, 1.807) is 0 Å². The Bertz CT molecular complexity index is 175. The molecule has 0 amide bonds. The standard InChI is InChI=1S/C3H7ClO5S/c1-2-3(5)8-10(6,7)9-4/h3,5H,2H2,1H3. The number of aliphatic hydroxyl groups excluding tert-OH is 1. The van der Waals surface area contributed by atoms with Crippen LogP contribution in [0.2, 0.25) is 0 Å². The van der Waals surface area contributed by atoms with Crippen LogP contribution in [0.1, 0.15) is 13.3 Å². The van der Waals surface area contributed by atoms with Crippen molar-refractivity contribution in [2.24, 2.45) is 0 Å². The van der Waals surface area contributed by atoms with Crippen LogP contribution in [-0.4, -0.2) is 19.8 Å². The highest BCUT2D eigenvalue weighted by Gasteiger charge is 2.15. The summed E-state index contributed by atoms with van der Waals surface area (Å²) in [6, 6.07) is 0. The monoisotopic (exact) mass is 190 g/mol. The lowest BCUT2D eigenvalue weighted by Gasteiger charge is -2.05. The van der Waals surface area contributed by atoms with Crippen molar-refractivity contribution in [1.82, 2.24) is 0 Å². The second-order valence-electron chi connectivity index (χ2n) is 1.43. The van der Waals surface area contributed by atoms with E-state index in [4.69, 9.17) is 5.11 Å². The van der Waals surface area contributed by atoms with Crippen LogP contribution in [0.25, 0.3) is 0 Å². The molecule has 0 spiro atoms. The van der Waals surface area contributed by atoms with E-state index >= 15 is 0 Å². The van der Waals surface area contributed by atoms with Crippen molar-refractivity contribution in [3.8, 4) is 0 Å². The van der Waals surface area contributed by atoms with Crippen LogP contribution in [0.4, 0.5) is 0 Å². The van der Waals surface area contributed by atoms with E-state index in [-0.39, 0.29) is 6.42 Å². The van der Waals surface area contributed by atoms with Crippen molar-refractivity contribution in [2.75, 3.05) is 0 Å². The van der Waals surface area contributed by atoms with E-state index in [1.807, 2.05) is 0 Å². The molecule has 1 unspecified atom stereocenters. The van der Waals surface area contributed by atoms with E-state index in [0.29, 0.717) is 0 Å². The summed E-state index contributed by atoms with van der Waals surface area (Å²) in [5.74, 6) is 0. The first-order valence-electron chi connectivity index (χ1n) is 2.43. The van der Waals surface area contributed by atoms with Crippen LogP contribution < -0.4 is 0 Å². The van der Waals surface area contributed by atoms with Gasteiger partial charge in [-0.2, -0.15) is 8.42 Å². The van der Waals surface area contributed by atoms with E-state index in [1.165, 1.54) is 6.92 Å². The highest BCUT2D eigenvalue weighted by atomic mass is 35.5. The smallest absolute Gasteiger partial charge is 0.367 e. The summed E-state index contributed by atoms with van der Waals surface area (Å²) >= 11 is 4.47. The zero-order chi connectivity index (χ0) is 8.20. The lowest BCUT2D eigenvalue weighted by molar-refractivity contribution is -0.0201. The van der Waals surface area contributed by atoms with Gasteiger partial charge in [0, 0.05) is 0 Å². The first kappa shape index (κ1) is 10.1. The molecule has 7 heteroatoms. The molecule has 0 aromatic heterocycles. The molecule has 1 N–H and O–H groups in total. The first-order valence-corrected chi connectivity index (χ1v) is 4.07. The Kier molecular flexibility index (Phi) is 4.14. The predicted octanol–water partition coefficient (Wildman–Crippen LogP) is 0.147. The molecule has 0 aliphatic carbocycles. The maximum Gasteiger partial charge on any atom is 0.418 e. The van der Waals surface area contributed by atoms with Crippen LogP contribution in [0.5, 0.6) is 0 Å². The van der Waals surface area contributed by atoms with E-state index in [0.717, 1.165) is 0 Å². The van der Waals surface area contributed by atoms with Crippen molar-refractivity contribution in [1.29, 1.82) is 0 Å². The molecular formula is C3H7ClO5S. The number of aliphatic hydroxyl groups is 1. The molecule has 0 heterocycles. The highest BCUT2D eigenvalue weighted by molar-refractivity contribution is 7.82. The molecule has 0 aromatic rings. The molecule has 0 fully saturated rings. The molecule has 0 saturated heterocycles. The van der Waals surface area contributed by atoms with Gasteiger partial charge >= 0.3 is 10.4 Å². The molecule has 0 bridgehead atoms. The predicted molar refractivity (Wildman–Crippen MR) is 33.2 cm³/mol. The van der Waals surface area contributed by atoms with Gasteiger partial charge in [0.15, 0.2) is 6.29 Å². The number of hydrogen-bond donors (Lipinski definition) is 1. The third-order valence-corrected chi connectivity index (χ3v) is 1.73. The molecule has 0 saturated carbocycles. The molecule has 5 nitrogen and oxygen atoms in total. The fraction of sp³-hybridized carbons (Fsp3) is 1.00. The normalized spacial score (nSPS) is 15.1. The van der Waals surface area contributed by atoms with Crippen LogP contribution in [-0.2, 0) is 18.3 Å². The minimum Gasteiger partial charge on any atom is -0.367 e. The Balaban J connectivity index is 3.90. The minimum absolute atomic E-state index is 0.138. The van der Waals surface area contributed by atoms with E-state index < -0.39 is 16.7 Å². The second-order valence-corrected chi connectivity index (χ2v) is 2.94. The van der Waals surface area contributed by atoms with Crippen LogP contribution in [0.3, 0.4) is 0 Å². The average Bonchev–Trinajstić information content (AvgIpc) is 1.87. The molecule has 0 radical (unpaired) electrons. The van der Waals surface area contributed by atoms with Gasteiger partial charge in [0.1, 0.15) is 0 Å². The summed E-state index contributed by atoms with van der Waals surface area (Å²) in [4.78, 5) is 0. The van der Waals surface area contributed by atoms with Gasteiger partial charge in [-0.3, -0.25) is 0 Å². The molecule has 1 atom stereocenters. The minimum atomic E-state index is -4.22. The summed E-state index contributed by atoms with van der Waals surface area (Å²) in [5.41, 5.74) is 0. The summed E-state index contributed by atoms with van der Waals surface area (Å²) in [5, 5.41) is 8.58. The third-order valence-electron chi connectivity index (χ3n) is 0.655. The molecule has 0 rings (SSSR count). The van der Waals surface area contributed by atoms with Gasteiger partial charge < -0.3 is 5.11 Å². The molecule has 62 valence electrons. The van der Waals surface area contributed by atoms with E-state index in [2.05, 4.69) is 19.8 Å². The molecule has 0 aliphatic heterocycles. The fourth-order valence-electron chi connectivity index (χ4n) is 0.219. The van der Waals surface area contributed by atoms with Gasteiger partial charge in [0.05, 0.1) is 11.9 Å². The van der Waals surface area contributed by atoms with Gasteiger partial charge in [-0.15, -0.1) is 3.74 Å². The molecule has 10 heavy (non-hydrogen) atoms. The Morgan fingerprint density at radius 2 is 2.20 bits per heavy atom. The Hall–Kier alpha value is 0.120. The van der Waals surface area contributed by atoms with Crippen molar-refractivity contribution in [3.63, 3.8) is 0 Å². The van der Waals surface area contributed by atoms with Crippen LogP contribution in [0, 0.1) is 0 Å². The number of rotatable bonds is 4. The number of halogens is 1. The van der Waals surface area contributed by atoms with Gasteiger partial charge in [-0.25, -0.2) is 4.18 Å². The van der Waals surface area contributed by atoms with Crippen LogP contribution in [0.15, 0.2) is 0 Å². The van der Waals surface area contributed by atoms with E-state index in [9.17, 15) is 8.42 Å². The van der Waals surface area contributed by atoms with Crippen molar-refractivity contribution >= 4 is 22.3 Å². The van der Waals surface area contributed by atoms with Crippen LogP contribution >= 0.6 is 11.9 Å². The molecule has 0 aromatic carbocycles. The Labute approximate surface area is 64.0 Å². The van der Waals surface area contributed by atoms with Crippen molar-refractivity contribution in [2.45, 2.75) is 19.6 Å². The SMILES string of the molecule is CCC(O)OS(=O)(=O)OCl. The van der Waals surface area contributed by atoms with Gasteiger partial charge in [-0.05, 0) is 6.42 Å². The lowest BCUT2D eigenvalue weighted by Crippen LogP contribution is -2.16. The van der Waals surface area contributed by atoms with Crippen molar-refractivity contribution < 1.29 is 21.4 Å². The van der Waals surface area contributed by atoms with Gasteiger partial charge in [-0.1, -0.05) is 6.92 Å². The second kappa shape index (κ2) is 4.09. The largest absolute Gasteiger partial charge is 0.418 e. The maximum absolute atomic E-state index is 10.2. The quantitative estimate of drug-likeness (QED) is 0.639. The zero-order valence-corrected chi connectivity index (χ0v) is 6.72. The first-order chi connectivity index (χ1) is 4.52. The summed E-state index contributed by atoms with van der Waals surface area (Å²) in [6.45, 7) is 1.54. The molecular weight excluding hydrogens is 184 g/mol. The maximum atomic E-state index is 10.2. The molecule has 0 aliphatic rings. The zero-order valence-electron chi connectivity index (χ0n) is 5.15. The third kappa shape index (κ3) is 4.02. The summed E-state index contributed by atoms with van der Waals surface area (Å²) in [6.07, 6.45) is -1.26. The Morgan fingerprint density at radius 3 is 2.50 bits per heavy atom. The van der Waals surface area contributed by atoms with Gasteiger partial charge in [0.2, 0.25) is 0 Å². The number of hydrogen-bond acceptors (Lipinski definition) is 5.